The van der Waals surface area contributed by atoms with E-state index in [1.807, 2.05) is 19.9 Å². The molecule has 1 aliphatic rings. The van der Waals surface area contributed by atoms with Gasteiger partial charge in [0, 0.05) is 13.1 Å². The van der Waals surface area contributed by atoms with Crippen molar-refractivity contribution in [3.8, 4) is 0 Å². The van der Waals surface area contributed by atoms with Crippen LogP contribution in [0.1, 0.15) is 40.5 Å². The van der Waals surface area contributed by atoms with E-state index in [0.29, 0.717) is 0 Å². The van der Waals surface area contributed by atoms with Crippen LogP contribution in [0, 0.1) is 5.92 Å². The Labute approximate surface area is 108 Å². The fourth-order valence-corrected chi connectivity index (χ4v) is 2.17. The molecule has 1 nitrogen and oxygen atoms in total. The van der Waals surface area contributed by atoms with E-state index in [4.69, 9.17) is 0 Å². The third kappa shape index (κ3) is 6.48. The van der Waals surface area contributed by atoms with Crippen molar-refractivity contribution >= 4 is 0 Å². The molecule has 17 heavy (non-hydrogen) atoms. The lowest BCUT2D eigenvalue weighted by molar-refractivity contribution is 0.351. The average molecular weight is 235 g/mol. The fourth-order valence-electron chi connectivity index (χ4n) is 2.17. The first-order valence-corrected chi connectivity index (χ1v) is 6.96. The second-order valence-electron chi connectivity index (χ2n) is 4.28. The number of allylic oxidation sites excluding steroid dienone is 3. The molecule has 1 heteroatoms. The maximum atomic E-state index is 3.76. The molecule has 1 rings (SSSR count). The van der Waals surface area contributed by atoms with E-state index >= 15 is 0 Å². The molecule has 0 aromatic heterocycles. The van der Waals surface area contributed by atoms with Crippen molar-refractivity contribution in [2.24, 2.45) is 5.92 Å². The fraction of sp³-hybridized carbons (Fsp3) is 0.625. The zero-order valence-corrected chi connectivity index (χ0v) is 12.1. The van der Waals surface area contributed by atoms with Gasteiger partial charge in [-0.1, -0.05) is 58.1 Å². The van der Waals surface area contributed by atoms with Gasteiger partial charge in [-0.15, -0.1) is 0 Å². The Morgan fingerprint density at radius 1 is 1.41 bits per heavy atom. The average Bonchev–Trinajstić information content (AvgIpc) is 2.80. The SMILES string of the molecule is C=C/C=C(\C=C/C)CN1CCC(CC)C1.CC. The van der Waals surface area contributed by atoms with E-state index < -0.39 is 0 Å². The summed E-state index contributed by atoms with van der Waals surface area (Å²) in [7, 11) is 0. The number of likely N-dealkylation sites (tertiary alicyclic amines) is 1. The van der Waals surface area contributed by atoms with E-state index in [1.54, 1.807) is 0 Å². The van der Waals surface area contributed by atoms with Gasteiger partial charge in [-0.3, -0.25) is 4.90 Å². The third-order valence-corrected chi connectivity index (χ3v) is 3.07. The first kappa shape index (κ1) is 16.2. The van der Waals surface area contributed by atoms with Crippen LogP contribution in [0.3, 0.4) is 0 Å². The maximum Gasteiger partial charge on any atom is 0.0233 e. The van der Waals surface area contributed by atoms with Crippen LogP contribution in [0.25, 0.3) is 0 Å². The molecule has 0 aliphatic carbocycles. The van der Waals surface area contributed by atoms with Gasteiger partial charge >= 0.3 is 0 Å². The topological polar surface area (TPSA) is 3.24 Å². The van der Waals surface area contributed by atoms with E-state index in [2.05, 4.69) is 43.6 Å². The summed E-state index contributed by atoms with van der Waals surface area (Å²) in [5, 5.41) is 0. The normalized spacial score (nSPS) is 21.4. The van der Waals surface area contributed by atoms with Gasteiger partial charge in [0.15, 0.2) is 0 Å². The number of hydrogen-bond acceptors (Lipinski definition) is 1. The second kappa shape index (κ2) is 10.3. The second-order valence-corrected chi connectivity index (χ2v) is 4.28. The Bertz CT molecular complexity index is 250. The maximum absolute atomic E-state index is 3.76. The zero-order chi connectivity index (χ0) is 13.1. The molecule has 0 amide bonds. The minimum Gasteiger partial charge on any atom is -0.299 e. The summed E-state index contributed by atoms with van der Waals surface area (Å²) in [6.45, 7) is 15.7. The van der Waals surface area contributed by atoms with Gasteiger partial charge in [-0.2, -0.15) is 0 Å². The molecule has 1 heterocycles. The van der Waals surface area contributed by atoms with Gasteiger partial charge in [0.05, 0.1) is 0 Å². The van der Waals surface area contributed by atoms with Gasteiger partial charge in [-0.05, 0) is 31.4 Å². The first-order chi connectivity index (χ1) is 8.30. The number of rotatable bonds is 5. The highest BCUT2D eigenvalue weighted by molar-refractivity contribution is 5.24. The van der Waals surface area contributed by atoms with Crippen LogP contribution in [-0.2, 0) is 0 Å². The van der Waals surface area contributed by atoms with Gasteiger partial charge < -0.3 is 0 Å². The smallest absolute Gasteiger partial charge is 0.0233 e. The molecule has 0 aromatic carbocycles. The molecule has 0 spiro atoms. The molecule has 1 atom stereocenters. The molecular weight excluding hydrogens is 206 g/mol. The third-order valence-electron chi connectivity index (χ3n) is 3.07. The Morgan fingerprint density at radius 2 is 2.12 bits per heavy atom. The Kier molecular flexibility index (Phi) is 9.84. The van der Waals surface area contributed by atoms with E-state index in [1.165, 1.54) is 31.5 Å². The van der Waals surface area contributed by atoms with Crippen LogP contribution in [0.5, 0.6) is 0 Å². The van der Waals surface area contributed by atoms with Crippen molar-refractivity contribution in [1.29, 1.82) is 0 Å². The summed E-state index contributed by atoms with van der Waals surface area (Å²) in [5.74, 6) is 0.917. The number of hydrogen-bond donors (Lipinski definition) is 0. The molecule has 98 valence electrons. The van der Waals surface area contributed by atoms with Crippen LogP contribution in [0.4, 0.5) is 0 Å². The highest BCUT2D eigenvalue weighted by atomic mass is 15.1. The van der Waals surface area contributed by atoms with Crippen molar-refractivity contribution in [3.05, 3.63) is 36.5 Å². The number of nitrogens with zero attached hydrogens (tertiary/aromatic N) is 1. The van der Waals surface area contributed by atoms with E-state index in [-0.39, 0.29) is 0 Å². The minimum atomic E-state index is 0.917. The summed E-state index contributed by atoms with van der Waals surface area (Å²) < 4.78 is 0. The molecule has 0 aromatic rings. The summed E-state index contributed by atoms with van der Waals surface area (Å²) in [5.41, 5.74) is 1.37. The van der Waals surface area contributed by atoms with Crippen molar-refractivity contribution in [2.75, 3.05) is 19.6 Å². The Morgan fingerprint density at radius 3 is 2.59 bits per heavy atom. The quantitative estimate of drug-likeness (QED) is 0.637. The van der Waals surface area contributed by atoms with Crippen LogP contribution in [-0.4, -0.2) is 24.5 Å². The lowest BCUT2D eigenvalue weighted by atomic mass is 10.1. The van der Waals surface area contributed by atoms with Crippen LogP contribution < -0.4 is 0 Å². The van der Waals surface area contributed by atoms with E-state index in [9.17, 15) is 0 Å². The molecule has 0 radical (unpaired) electrons. The highest BCUT2D eigenvalue weighted by Gasteiger charge is 2.20. The van der Waals surface area contributed by atoms with Gasteiger partial charge in [-0.25, -0.2) is 0 Å². The molecule has 0 saturated carbocycles. The standard InChI is InChI=1S/C14H23N.C2H6/c1-4-7-14(8-5-2)12-15-10-9-13(6-3)11-15;1-2/h4-5,7-8,13H,1,6,9-12H2,2-3H3;1-2H3/b8-5-,14-7+;. The summed E-state index contributed by atoms with van der Waals surface area (Å²) in [6.07, 6.45) is 11.0. The molecule has 1 unspecified atom stereocenters. The van der Waals surface area contributed by atoms with Crippen LogP contribution >= 0.6 is 0 Å². The van der Waals surface area contributed by atoms with Crippen LogP contribution in [0.2, 0.25) is 0 Å². The summed E-state index contributed by atoms with van der Waals surface area (Å²) >= 11 is 0. The predicted octanol–water partition coefficient (Wildman–Crippen LogP) is 4.43. The van der Waals surface area contributed by atoms with Crippen molar-refractivity contribution < 1.29 is 0 Å². The molecule has 1 saturated heterocycles. The Balaban J connectivity index is 0.00000121. The summed E-state index contributed by atoms with van der Waals surface area (Å²) in [6, 6.07) is 0. The van der Waals surface area contributed by atoms with Crippen molar-refractivity contribution in [2.45, 2.75) is 40.5 Å². The predicted molar refractivity (Wildman–Crippen MR) is 79.3 cm³/mol. The van der Waals surface area contributed by atoms with Crippen molar-refractivity contribution in [1.82, 2.24) is 4.90 Å². The molecule has 1 fully saturated rings. The molecule has 0 N–H and O–H groups in total. The molecule has 0 bridgehead atoms. The van der Waals surface area contributed by atoms with Crippen molar-refractivity contribution in [3.63, 3.8) is 0 Å². The largest absolute Gasteiger partial charge is 0.299 e. The lowest BCUT2D eigenvalue weighted by Gasteiger charge is -2.16. The van der Waals surface area contributed by atoms with E-state index in [0.717, 1.165) is 12.5 Å². The Hall–Kier alpha value is -0.820. The monoisotopic (exact) mass is 235 g/mol. The van der Waals surface area contributed by atoms with Gasteiger partial charge in [0.2, 0.25) is 0 Å². The zero-order valence-electron chi connectivity index (χ0n) is 12.1. The first-order valence-electron chi connectivity index (χ1n) is 6.96. The summed E-state index contributed by atoms with van der Waals surface area (Å²) in [4.78, 5) is 2.55. The lowest BCUT2D eigenvalue weighted by Crippen LogP contribution is -2.22. The van der Waals surface area contributed by atoms with Gasteiger partial charge in [0.1, 0.15) is 0 Å². The highest BCUT2D eigenvalue weighted by Crippen LogP contribution is 2.20. The minimum absolute atomic E-state index is 0.917. The van der Waals surface area contributed by atoms with Crippen LogP contribution in [0.15, 0.2) is 36.5 Å². The molecule has 1 aliphatic heterocycles. The molecular formula is C16H29N. The van der Waals surface area contributed by atoms with Gasteiger partial charge in [0.25, 0.3) is 0 Å².